The summed E-state index contributed by atoms with van der Waals surface area (Å²) in [6.45, 7) is 6.23. The lowest BCUT2D eigenvalue weighted by atomic mass is 10.1. The molecule has 3 N–H and O–H groups in total. The zero-order valence-electron chi connectivity index (χ0n) is 14.3. The van der Waals surface area contributed by atoms with Gasteiger partial charge in [0.2, 0.25) is 0 Å². The lowest BCUT2D eigenvalue weighted by molar-refractivity contribution is 0.707. The highest BCUT2D eigenvalue weighted by Gasteiger charge is 2.12. The summed E-state index contributed by atoms with van der Waals surface area (Å²) in [7, 11) is 0. The van der Waals surface area contributed by atoms with Crippen LogP contribution in [0.5, 0.6) is 0 Å². The van der Waals surface area contributed by atoms with Crippen molar-refractivity contribution in [2.24, 2.45) is 5.73 Å². The van der Waals surface area contributed by atoms with E-state index in [-0.39, 0.29) is 0 Å². The molecule has 2 aromatic carbocycles. The van der Waals surface area contributed by atoms with Crippen LogP contribution in [0, 0.1) is 0 Å². The second kappa shape index (κ2) is 9.21. The van der Waals surface area contributed by atoms with Crippen LogP contribution >= 0.6 is 0 Å². The maximum atomic E-state index is 5.51. The van der Waals surface area contributed by atoms with Crippen LogP contribution in [-0.2, 0) is 0 Å². The first-order chi connectivity index (χ1) is 11.2. The van der Waals surface area contributed by atoms with Gasteiger partial charge in [0.25, 0.3) is 0 Å². The molecule has 124 valence electrons. The molecule has 0 saturated carbocycles. The van der Waals surface area contributed by atoms with Gasteiger partial charge in [-0.05, 0) is 69.6 Å². The molecule has 0 radical (unpaired) electrons. The minimum Gasteiger partial charge on any atom is -0.385 e. The van der Waals surface area contributed by atoms with Crippen LogP contribution in [0.4, 0.5) is 17.1 Å². The van der Waals surface area contributed by atoms with Gasteiger partial charge in [-0.2, -0.15) is 0 Å². The lowest BCUT2D eigenvalue weighted by Gasteiger charge is -2.29. The van der Waals surface area contributed by atoms with E-state index in [1.165, 1.54) is 29.9 Å². The van der Waals surface area contributed by atoms with Gasteiger partial charge in [-0.1, -0.05) is 24.6 Å². The molecule has 0 heterocycles. The van der Waals surface area contributed by atoms with Crippen molar-refractivity contribution in [1.82, 2.24) is 0 Å². The van der Waals surface area contributed by atoms with Crippen molar-refractivity contribution < 1.29 is 0 Å². The topological polar surface area (TPSA) is 41.3 Å². The Morgan fingerprint density at radius 2 is 1.52 bits per heavy atom. The third-order valence-electron chi connectivity index (χ3n) is 3.91. The predicted molar refractivity (Wildman–Crippen MR) is 102 cm³/mol. The molecule has 0 unspecified atom stereocenters. The highest BCUT2D eigenvalue weighted by molar-refractivity contribution is 5.66. The Kier molecular flexibility index (Phi) is 6.95. The van der Waals surface area contributed by atoms with Gasteiger partial charge in [0, 0.05) is 29.6 Å². The molecule has 23 heavy (non-hydrogen) atoms. The van der Waals surface area contributed by atoms with Gasteiger partial charge in [0.05, 0.1) is 0 Å². The van der Waals surface area contributed by atoms with Crippen LogP contribution in [-0.4, -0.2) is 19.1 Å². The zero-order valence-corrected chi connectivity index (χ0v) is 14.3. The number of anilines is 3. The number of hydrogen-bond donors (Lipinski definition) is 2. The molecule has 2 aromatic rings. The number of nitrogens with two attached hydrogens (primary N) is 1. The fraction of sp³-hybridized carbons (Fsp3) is 0.400. The SMILES string of the molecule is CC(C)N(c1ccccc1)c1ccc(NCCCCCN)cc1. The van der Waals surface area contributed by atoms with Gasteiger partial charge in [-0.25, -0.2) is 0 Å². The van der Waals surface area contributed by atoms with Crippen LogP contribution in [0.3, 0.4) is 0 Å². The molecule has 0 spiro atoms. The molecular formula is C20H29N3. The third kappa shape index (κ3) is 5.29. The predicted octanol–water partition coefficient (Wildman–Crippen LogP) is 4.77. The Labute approximate surface area is 140 Å². The summed E-state index contributed by atoms with van der Waals surface area (Å²) in [5.41, 5.74) is 9.14. The third-order valence-corrected chi connectivity index (χ3v) is 3.91. The highest BCUT2D eigenvalue weighted by atomic mass is 15.2. The number of unbranched alkanes of at least 4 members (excludes halogenated alkanes) is 2. The second-order valence-electron chi connectivity index (χ2n) is 6.12. The minimum atomic E-state index is 0.410. The quantitative estimate of drug-likeness (QED) is 0.655. The van der Waals surface area contributed by atoms with Crippen molar-refractivity contribution in [3.63, 3.8) is 0 Å². The number of rotatable bonds is 9. The van der Waals surface area contributed by atoms with Crippen LogP contribution < -0.4 is 16.0 Å². The summed E-state index contributed by atoms with van der Waals surface area (Å²) in [5.74, 6) is 0. The van der Waals surface area contributed by atoms with Crippen LogP contribution in [0.25, 0.3) is 0 Å². The maximum absolute atomic E-state index is 5.51. The molecule has 0 fully saturated rings. The van der Waals surface area contributed by atoms with Crippen LogP contribution in [0.15, 0.2) is 54.6 Å². The first kappa shape index (κ1) is 17.4. The number of nitrogens with one attached hydrogen (secondary N) is 1. The Morgan fingerprint density at radius 3 is 2.13 bits per heavy atom. The summed E-state index contributed by atoms with van der Waals surface area (Å²) < 4.78 is 0. The Bertz CT molecular complexity index is 549. The first-order valence-corrected chi connectivity index (χ1v) is 8.60. The average molecular weight is 311 g/mol. The summed E-state index contributed by atoms with van der Waals surface area (Å²) in [6.07, 6.45) is 3.47. The van der Waals surface area contributed by atoms with E-state index in [2.05, 4.69) is 78.7 Å². The smallest absolute Gasteiger partial charge is 0.0414 e. The minimum absolute atomic E-state index is 0.410. The molecule has 0 aromatic heterocycles. The Balaban J connectivity index is 1.99. The van der Waals surface area contributed by atoms with Crippen molar-refractivity contribution in [3.8, 4) is 0 Å². The van der Waals surface area contributed by atoms with Crippen molar-refractivity contribution >= 4 is 17.1 Å². The van der Waals surface area contributed by atoms with Gasteiger partial charge < -0.3 is 16.0 Å². The summed E-state index contributed by atoms with van der Waals surface area (Å²) >= 11 is 0. The molecular weight excluding hydrogens is 282 g/mol. The van der Waals surface area contributed by atoms with E-state index in [0.717, 1.165) is 19.5 Å². The molecule has 0 aliphatic heterocycles. The van der Waals surface area contributed by atoms with Crippen LogP contribution in [0.2, 0.25) is 0 Å². The first-order valence-electron chi connectivity index (χ1n) is 8.60. The van der Waals surface area contributed by atoms with E-state index in [9.17, 15) is 0 Å². The molecule has 0 aliphatic rings. The average Bonchev–Trinajstić information content (AvgIpc) is 2.57. The van der Waals surface area contributed by atoms with E-state index in [4.69, 9.17) is 5.73 Å². The number of nitrogens with zero attached hydrogens (tertiary/aromatic N) is 1. The van der Waals surface area contributed by atoms with E-state index in [1.54, 1.807) is 0 Å². The monoisotopic (exact) mass is 311 g/mol. The maximum Gasteiger partial charge on any atom is 0.0414 e. The van der Waals surface area contributed by atoms with Gasteiger partial charge in [0.1, 0.15) is 0 Å². The van der Waals surface area contributed by atoms with Crippen LogP contribution in [0.1, 0.15) is 33.1 Å². The van der Waals surface area contributed by atoms with E-state index in [1.807, 2.05) is 0 Å². The summed E-state index contributed by atoms with van der Waals surface area (Å²) in [5, 5.41) is 3.48. The van der Waals surface area contributed by atoms with Crippen molar-refractivity contribution in [2.45, 2.75) is 39.2 Å². The molecule has 0 bridgehead atoms. The van der Waals surface area contributed by atoms with E-state index >= 15 is 0 Å². The normalized spacial score (nSPS) is 10.8. The largest absolute Gasteiger partial charge is 0.385 e. The second-order valence-corrected chi connectivity index (χ2v) is 6.12. The van der Waals surface area contributed by atoms with Gasteiger partial charge >= 0.3 is 0 Å². The highest BCUT2D eigenvalue weighted by Crippen LogP contribution is 2.28. The van der Waals surface area contributed by atoms with Gasteiger partial charge in [-0.15, -0.1) is 0 Å². The molecule has 3 nitrogen and oxygen atoms in total. The fourth-order valence-corrected chi connectivity index (χ4v) is 2.75. The molecule has 2 rings (SSSR count). The fourth-order valence-electron chi connectivity index (χ4n) is 2.75. The summed E-state index contributed by atoms with van der Waals surface area (Å²) in [4.78, 5) is 2.35. The molecule has 3 heteroatoms. The van der Waals surface area contributed by atoms with Gasteiger partial charge in [-0.3, -0.25) is 0 Å². The number of para-hydroxylation sites is 1. The van der Waals surface area contributed by atoms with Crippen molar-refractivity contribution in [1.29, 1.82) is 0 Å². The standard InChI is InChI=1S/C20H29N3/c1-17(2)23(19-9-5-3-6-10-19)20-13-11-18(12-14-20)22-16-8-4-7-15-21/h3,5-6,9-14,17,22H,4,7-8,15-16,21H2,1-2H3. The molecule has 0 atom stereocenters. The Hall–Kier alpha value is -2.00. The Morgan fingerprint density at radius 1 is 0.870 bits per heavy atom. The van der Waals surface area contributed by atoms with Crippen molar-refractivity contribution in [2.75, 3.05) is 23.3 Å². The molecule has 0 amide bonds. The number of benzene rings is 2. The zero-order chi connectivity index (χ0) is 16.5. The van der Waals surface area contributed by atoms with Crippen molar-refractivity contribution in [3.05, 3.63) is 54.6 Å². The van der Waals surface area contributed by atoms with Gasteiger partial charge in [0.15, 0.2) is 0 Å². The molecule has 0 aliphatic carbocycles. The van der Waals surface area contributed by atoms with E-state index < -0.39 is 0 Å². The molecule has 0 saturated heterocycles. The summed E-state index contributed by atoms with van der Waals surface area (Å²) in [6, 6.07) is 19.7. The van der Waals surface area contributed by atoms with E-state index in [0.29, 0.717) is 6.04 Å². The lowest BCUT2D eigenvalue weighted by Crippen LogP contribution is -2.25. The number of hydrogen-bond acceptors (Lipinski definition) is 3.